The fraction of sp³-hybridized carbons (Fsp3) is 0.565. The Balaban J connectivity index is 1.57. The molecular formula is C23H28N2O6. The van der Waals surface area contributed by atoms with E-state index in [4.69, 9.17) is 18.9 Å². The second-order valence-corrected chi connectivity index (χ2v) is 8.82. The summed E-state index contributed by atoms with van der Waals surface area (Å²) in [6.45, 7) is 3.64. The monoisotopic (exact) mass is 428 g/mol. The van der Waals surface area contributed by atoms with Gasteiger partial charge in [-0.25, -0.2) is 4.79 Å². The van der Waals surface area contributed by atoms with Crippen LogP contribution in [-0.2, 0) is 24.5 Å². The zero-order valence-electron chi connectivity index (χ0n) is 18.3. The van der Waals surface area contributed by atoms with Crippen molar-refractivity contribution in [2.24, 2.45) is 11.8 Å². The van der Waals surface area contributed by atoms with Gasteiger partial charge in [0.15, 0.2) is 11.5 Å². The summed E-state index contributed by atoms with van der Waals surface area (Å²) < 4.78 is 21.8. The van der Waals surface area contributed by atoms with Gasteiger partial charge in [-0.1, -0.05) is 6.07 Å². The first-order valence-electron chi connectivity index (χ1n) is 10.7. The molecule has 5 rings (SSSR count). The molecule has 0 radical (unpaired) electrons. The lowest BCUT2D eigenvalue weighted by Crippen LogP contribution is -2.56. The average Bonchev–Trinajstić information content (AvgIpc) is 3.30. The number of piperidine rings is 1. The fourth-order valence-electron chi connectivity index (χ4n) is 6.20. The molecule has 2 saturated heterocycles. The minimum absolute atomic E-state index is 0.00459. The summed E-state index contributed by atoms with van der Waals surface area (Å²) >= 11 is 0. The number of methoxy groups -OCH3 is 3. The van der Waals surface area contributed by atoms with Crippen molar-refractivity contribution in [3.05, 3.63) is 29.5 Å². The van der Waals surface area contributed by atoms with E-state index in [0.29, 0.717) is 29.2 Å². The first-order chi connectivity index (χ1) is 15.0. The van der Waals surface area contributed by atoms with E-state index in [1.54, 1.807) is 20.5 Å². The molecule has 1 aromatic rings. The van der Waals surface area contributed by atoms with Gasteiger partial charge in [0, 0.05) is 24.4 Å². The van der Waals surface area contributed by atoms with Crippen LogP contribution in [0.15, 0.2) is 24.0 Å². The van der Waals surface area contributed by atoms with Crippen LogP contribution >= 0.6 is 0 Å². The third kappa shape index (κ3) is 2.63. The average molecular weight is 428 g/mol. The van der Waals surface area contributed by atoms with Gasteiger partial charge in [0.2, 0.25) is 5.91 Å². The summed E-state index contributed by atoms with van der Waals surface area (Å²) in [4.78, 5) is 28.4. The van der Waals surface area contributed by atoms with Crippen LogP contribution in [0.3, 0.4) is 0 Å². The highest BCUT2D eigenvalue weighted by Crippen LogP contribution is 2.56. The van der Waals surface area contributed by atoms with E-state index in [1.165, 1.54) is 7.11 Å². The predicted octanol–water partition coefficient (Wildman–Crippen LogP) is 2.08. The number of hydrogen-bond donors (Lipinski definition) is 1. The Bertz CT molecular complexity index is 975. The van der Waals surface area contributed by atoms with E-state index in [9.17, 15) is 9.59 Å². The fourth-order valence-corrected chi connectivity index (χ4v) is 6.20. The lowest BCUT2D eigenvalue weighted by molar-refractivity contribution is -0.139. The maximum atomic E-state index is 13.5. The lowest BCUT2D eigenvalue weighted by Gasteiger charge is -2.48. The summed E-state index contributed by atoms with van der Waals surface area (Å²) in [7, 11) is 4.56. The highest BCUT2D eigenvalue weighted by Gasteiger charge is 2.61. The van der Waals surface area contributed by atoms with Crippen LogP contribution in [-0.4, -0.2) is 63.3 Å². The molecule has 8 nitrogen and oxygen atoms in total. The van der Waals surface area contributed by atoms with Crippen molar-refractivity contribution in [2.75, 3.05) is 39.7 Å². The van der Waals surface area contributed by atoms with Gasteiger partial charge in [-0.05, 0) is 37.9 Å². The number of fused-ring (bicyclic) bond motifs is 5. The Hall–Kier alpha value is -2.74. The van der Waals surface area contributed by atoms with Crippen LogP contribution in [0.4, 0.5) is 5.69 Å². The van der Waals surface area contributed by atoms with Crippen molar-refractivity contribution in [3.63, 3.8) is 0 Å². The minimum Gasteiger partial charge on any atom is -0.497 e. The van der Waals surface area contributed by atoms with Crippen LogP contribution in [0.1, 0.15) is 25.3 Å². The Morgan fingerprint density at radius 3 is 2.77 bits per heavy atom. The van der Waals surface area contributed by atoms with Gasteiger partial charge >= 0.3 is 5.97 Å². The van der Waals surface area contributed by atoms with E-state index in [-0.39, 0.29) is 35.9 Å². The summed E-state index contributed by atoms with van der Waals surface area (Å²) in [5.41, 5.74) is 1.53. The molecule has 1 spiro atoms. The molecule has 8 heteroatoms. The quantitative estimate of drug-likeness (QED) is 0.738. The maximum absolute atomic E-state index is 13.5. The number of rotatable bonds is 3. The van der Waals surface area contributed by atoms with Crippen molar-refractivity contribution in [2.45, 2.75) is 37.3 Å². The minimum atomic E-state index is -0.678. The second kappa shape index (κ2) is 7.15. The highest BCUT2D eigenvalue weighted by molar-refractivity contribution is 6.09. The molecular weight excluding hydrogens is 400 g/mol. The largest absolute Gasteiger partial charge is 0.497 e. The lowest BCUT2D eigenvalue weighted by atomic mass is 9.66. The SMILES string of the molecule is COC(=O)C1=CO[C@@H](C)[C@@H]2CN3CC[C@@]4(C(=O)Nc5c4ccc(OC)c5OC)[C@H]3C[C@H]12. The molecule has 1 aromatic carbocycles. The summed E-state index contributed by atoms with van der Waals surface area (Å²) in [6, 6.07) is 3.82. The first kappa shape index (κ1) is 20.2. The van der Waals surface area contributed by atoms with Crippen LogP contribution < -0.4 is 14.8 Å². The molecule has 0 aliphatic carbocycles. The molecule has 166 valence electrons. The number of carbonyl (C=O) groups excluding carboxylic acids is 2. The second-order valence-electron chi connectivity index (χ2n) is 8.82. The number of nitrogens with one attached hydrogen (secondary N) is 1. The number of carbonyl (C=O) groups is 2. The van der Waals surface area contributed by atoms with Crippen LogP contribution in [0.5, 0.6) is 11.5 Å². The number of benzene rings is 1. The summed E-state index contributed by atoms with van der Waals surface area (Å²) in [5.74, 6) is 0.941. The topological polar surface area (TPSA) is 86.3 Å². The number of ether oxygens (including phenoxy) is 4. The van der Waals surface area contributed by atoms with Crippen molar-refractivity contribution in [1.82, 2.24) is 4.90 Å². The third-order valence-electron chi connectivity index (χ3n) is 7.75. The van der Waals surface area contributed by atoms with E-state index < -0.39 is 5.41 Å². The Labute approximate surface area is 181 Å². The number of nitrogens with zero attached hydrogens (tertiary/aromatic N) is 1. The van der Waals surface area contributed by atoms with Gasteiger partial charge in [0.1, 0.15) is 0 Å². The molecule has 0 bridgehead atoms. The van der Waals surface area contributed by atoms with E-state index in [0.717, 1.165) is 25.1 Å². The number of esters is 1. The molecule has 31 heavy (non-hydrogen) atoms. The van der Waals surface area contributed by atoms with Gasteiger partial charge in [0.05, 0.1) is 50.4 Å². The molecule has 4 heterocycles. The molecule has 0 unspecified atom stereocenters. The van der Waals surface area contributed by atoms with Crippen molar-refractivity contribution < 1.29 is 28.5 Å². The zero-order chi connectivity index (χ0) is 21.9. The van der Waals surface area contributed by atoms with Crippen molar-refractivity contribution in [1.29, 1.82) is 0 Å². The van der Waals surface area contributed by atoms with E-state index >= 15 is 0 Å². The number of anilines is 1. The summed E-state index contributed by atoms with van der Waals surface area (Å²) in [5, 5.41) is 3.08. The standard InChI is InChI=1S/C23H28N2O6/c1-12-14-10-25-8-7-23(18(25)9-13(14)15(11-31-12)21(26)30-4)16-5-6-17(28-2)20(29-3)19(16)24-22(23)27/h5-6,11-14,18H,7-10H2,1-4H3,(H,24,27)/t12-,13-,14-,18+,23-/m0/s1. The molecule has 1 amide bonds. The van der Waals surface area contributed by atoms with Gasteiger partial charge in [-0.2, -0.15) is 0 Å². The zero-order valence-corrected chi connectivity index (χ0v) is 18.3. The van der Waals surface area contributed by atoms with Crippen molar-refractivity contribution in [3.8, 4) is 11.5 Å². The third-order valence-corrected chi connectivity index (χ3v) is 7.75. The highest BCUT2D eigenvalue weighted by atomic mass is 16.5. The molecule has 0 aromatic heterocycles. The van der Waals surface area contributed by atoms with Gasteiger partial charge in [0.25, 0.3) is 0 Å². The normalized spacial score (nSPS) is 33.5. The van der Waals surface area contributed by atoms with Gasteiger partial charge in [-0.15, -0.1) is 0 Å². The van der Waals surface area contributed by atoms with E-state index in [2.05, 4.69) is 10.2 Å². The van der Waals surface area contributed by atoms with Gasteiger partial charge < -0.3 is 24.3 Å². The number of amides is 1. The van der Waals surface area contributed by atoms with Crippen LogP contribution in [0.2, 0.25) is 0 Å². The summed E-state index contributed by atoms with van der Waals surface area (Å²) in [6.07, 6.45) is 2.98. The first-order valence-corrected chi connectivity index (χ1v) is 10.7. The Morgan fingerprint density at radius 2 is 2.06 bits per heavy atom. The predicted molar refractivity (Wildman–Crippen MR) is 112 cm³/mol. The maximum Gasteiger partial charge on any atom is 0.337 e. The molecule has 1 N–H and O–H groups in total. The van der Waals surface area contributed by atoms with Crippen LogP contribution in [0.25, 0.3) is 0 Å². The molecule has 2 fully saturated rings. The molecule has 0 saturated carbocycles. The Kier molecular flexibility index (Phi) is 4.66. The van der Waals surface area contributed by atoms with Gasteiger partial charge in [-0.3, -0.25) is 9.69 Å². The smallest absolute Gasteiger partial charge is 0.337 e. The molecule has 4 aliphatic heterocycles. The van der Waals surface area contributed by atoms with E-state index in [1.807, 2.05) is 19.1 Å². The van der Waals surface area contributed by atoms with Crippen molar-refractivity contribution >= 4 is 17.6 Å². The van der Waals surface area contributed by atoms with Crippen LogP contribution in [0, 0.1) is 11.8 Å². The molecule has 5 atom stereocenters. The Morgan fingerprint density at radius 1 is 1.26 bits per heavy atom. The molecule has 4 aliphatic rings. The number of hydrogen-bond acceptors (Lipinski definition) is 7.